The first kappa shape index (κ1) is 23.8. The molecule has 9 atom stereocenters. The van der Waals surface area contributed by atoms with Crippen LogP contribution in [0.1, 0.15) is 79.1 Å². The van der Waals surface area contributed by atoms with Crippen LogP contribution in [-0.2, 0) is 28.6 Å². The second-order valence-corrected chi connectivity index (χ2v) is 12.0. The predicted molar refractivity (Wildman–Crippen MR) is 122 cm³/mol. The molecule has 7 nitrogen and oxygen atoms in total. The van der Waals surface area contributed by atoms with E-state index < -0.39 is 17.1 Å². The Balaban J connectivity index is 1.47. The van der Waals surface area contributed by atoms with Crippen LogP contribution in [0.3, 0.4) is 0 Å². The molecule has 4 fully saturated rings. The summed E-state index contributed by atoms with van der Waals surface area (Å²) in [6.45, 7) is 7.75. The highest BCUT2D eigenvalue weighted by Crippen LogP contribution is 2.69. The van der Waals surface area contributed by atoms with Crippen LogP contribution in [0.4, 0.5) is 0 Å². The standard InChI is InChI=1S/C27H38O7/c1-15(28)33-18-7-10-26(4)22-8-9-25(3)20(17-11-24(30)32-14-17)5-6-21(25)19(22)12-23(34-16(2)29)27(26,31)13-18/h11,18-23,31H,5-10,12-14H2,1-4H3/t18-,19-,20+,21-,22-,23-,25+,26+,27-/m0/s1. The topological polar surface area (TPSA) is 99.1 Å². The molecule has 0 amide bonds. The van der Waals surface area contributed by atoms with E-state index in [1.807, 2.05) is 0 Å². The van der Waals surface area contributed by atoms with Crippen molar-refractivity contribution in [3.05, 3.63) is 11.6 Å². The molecule has 1 N–H and O–H groups in total. The van der Waals surface area contributed by atoms with Gasteiger partial charge in [0.2, 0.25) is 0 Å². The number of hydrogen-bond acceptors (Lipinski definition) is 7. The van der Waals surface area contributed by atoms with Crippen LogP contribution in [0.2, 0.25) is 0 Å². The highest BCUT2D eigenvalue weighted by Gasteiger charge is 2.69. The second kappa shape index (κ2) is 8.07. The van der Waals surface area contributed by atoms with Crippen LogP contribution >= 0.6 is 0 Å². The minimum atomic E-state index is -1.22. The van der Waals surface area contributed by atoms with E-state index in [0.29, 0.717) is 49.5 Å². The molecule has 0 spiro atoms. The van der Waals surface area contributed by atoms with Crippen molar-refractivity contribution >= 4 is 17.9 Å². The average Bonchev–Trinajstić information content (AvgIpc) is 3.31. The highest BCUT2D eigenvalue weighted by molar-refractivity contribution is 5.85. The number of hydrogen-bond donors (Lipinski definition) is 1. The summed E-state index contributed by atoms with van der Waals surface area (Å²) < 4.78 is 16.6. The lowest BCUT2D eigenvalue weighted by atomic mass is 9.42. The molecular weight excluding hydrogens is 436 g/mol. The van der Waals surface area contributed by atoms with E-state index in [1.165, 1.54) is 13.8 Å². The van der Waals surface area contributed by atoms with Gasteiger partial charge in [0.05, 0.1) is 0 Å². The smallest absolute Gasteiger partial charge is 0.331 e. The molecular formula is C27H38O7. The quantitative estimate of drug-likeness (QED) is 0.492. The van der Waals surface area contributed by atoms with Gasteiger partial charge in [-0.15, -0.1) is 0 Å². The van der Waals surface area contributed by atoms with Gasteiger partial charge in [0.25, 0.3) is 0 Å². The molecule has 34 heavy (non-hydrogen) atoms. The largest absolute Gasteiger partial charge is 0.462 e. The van der Waals surface area contributed by atoms with Crippen LogP contribution in [0.15, 0.2) is 11.6 Å². The molecule has 4 saturated carbocycles. The fourth-order valence-electron chi connectivity index (χ4n) is 9.10. The van der Waals surface area contributed by atoms with Crippen molar-refractivity contribution in [2.24, 2.45) is 34.5 Å². The van der Waals surface area contributed by atoms with E-state index in [1.54, 1.807) is 6.08 Å². The molecule has 0 aromatic rings. The number of carbonyl (C=O) groups excluding carboxylic acids is 3. The lowest BCUT2D eigenvalue weighted by Gasteiger charge is -2.65. The second-order valence-electron chi connectivity index (χ2n) is 12.0. The SMILES string of the molecule is CC(=O)O[C@H]1CC[C@]2(C)[C@H]3CC[C@]4(C)[C@@H](C5=CC(=O)OC5)CC[C@H]4[C@@H]3C[C@H](OC(C)=O)[C@@]2(O)C1. The van der Waals surface area contributed by atoms with Crippen molar-refractivity contribution < 1.29 is 33.7 Å². The third-order valence-corrected chi connectivity index (χ3v) is 10.6. The fraction of sp³-hybridized carbons (Fsp3) is 0.815. The summed E-state index contributed by atoms with van der Waals surface area (Å²) in [5.41, 5.74) is -0.441. The van der Waals surface area contributed by atoms with Gasteiger partial charge in [-0.25, -0.2) is 4.79 Å². The van der Waals surface area contributed by atoms with Crippen LogP contribution in [0.5, 0.6) is 0 Å². The maximum atomic E-state index is 12.2. The molecule has 7 heteroatoms. The molecule has 0 radical (unpaired) electrons. The van der Waals surface area contributed by atoms with E-state index >= 15 is 0 Å². The van der Waals surface area contributed by atoms with E-state index in [2.05, 4.69) is 13.8 Å². The van der Waals surface area contributed by atoms with Gasteiger partial charge in [-0.05, 0) is 79.6 Å². The molecule has 0 bridgehead atoms. The lowest BCUT2D eigenvalue weighted by Crippen LogP contribution is -2.69. The Hall–Kier alpha value is -1.89. The van der Waals surface area contributed by atoms with Crippen molar-refractivity contribution in [3.8, 4) is 0 Å². The zero-order chi connectivity index (χ0) is 24.5. The van der Waals surface area contributed by atoms with E-state index in [9.17, 15) is 19.5 Å². The number of esters is 3. The number of rotatable bonds is 3. The number of ether oxygens (including phenoxy) is 3. The van der Waals surface area contributed by atoms with Gasteiger partial charge in [-0.2, -0.15) is 0 Å². The normalized spacial score (nSPS) is 47.6. The fourth-order valence-corrected chi connectivity index (χ4v) is 9.10. The van der Waals surface area contributed by atoms with Crippen molar-refractivity contribution in [2.75, 3.05) is 6.61 Å². The van der Waals surface area contributed by atoms with Gasteiger partial charge >= 0.3 is 17.9 Å². The van der Waals surface area contributed by atoms with Crippen LogP contribution < -0.4 is 0 Å². The first-order chi connectivity index (χ1) is 16.0. The molecule has 188 valence electrons. The Labute approximate surface area is 201 Å². The summed E-state index contributed by atoms with van der Waals surface area (Å²) in [6.07, 6.45) is 7.27. The summed E-state index contributed by atoms with van der Waals surface area (Å²) >= 11 is 0. The van der Waals surface area contributed by atoms with Gasteiger partial charge < -0.3 is 19.3 Å². The minimum Gasteiger partial charge on any atom is -0.462 e. The Morgan fingerprint density at radius 2 is 1.76 bits per heavy atom. The summed E-state index contributed by atoms with van der Waals surface area (Å²) in [5.74, 6) is 0.471. The molecule has 0 aromatic heterocycles. The Bertz CT molecular complexity index is 926. The molecule has 0 saturated heterocycles. The van der Waals surface area contributed by atoms with Crippen molar-refractivity contribution in [1.82, 2.24) is 0 Å². The molecule has 1 aliphatic heterocycles. The van der Waals surface area contributed by atoms with E-state index in [0.717, 1.165) is 37.7 Å². The molecule has 0 unspecified atom stereocenters. The third kappa shape index (κ3) is 3.44. The van der Waals surface area contributed by atoms with Crippen LogP contribution in [-0.4, -0.2) is 47.4 Å². The van der Waals surface area contributed by atoms with Gasteiger partial charge in [0.1, 0.15) is 24.4 Å². The Morgan fingerprint density at radius 3 is 2.41 bits per heavy atom. The average molecular weight is 475 g/mol. The zero-order valence-corrected chi connectivity index (χ0v) is 20.8. The first-order valence-electron chi connectivity index (χ1n) is 12.9. The van der Waals surface area contributed by atoms with Crippen LogP contribution in [0, 0.1) is 34.5 Å². The Morgan fingerprint density at radius 1 is 1.03 bits per heavy atom. The number of fused-ring (bicyclic) bond motifs is 5. The first-order valence-corrected chi connectivity index (χ1v) is 12.9. The van der Waals surface area contributed by atoms with Gasteiger partial charge in [0, 0.05) is 31.8 Å². The minimum absolute atomic E-state index is 0.0719. The monoisotopic (exact) mass is 474 g/mol. The van der Waals surface area contributed by atoms with Crippen molar-refractivity contribution in [2.45, 2.75) is 96.9 Å². The van der Waals surface area contributed by atoms with Crippen molar-refractivity contribution in [3.63, 3.8) is 0 Å². The summed E-state index contributed by atoms with van der Waals surface area (Å²) in [6, 6.07) is 0. The summed E-state index contributed by atoms with van der Waals surface area (Å²) in [7, 11) is 0. The summed E-state index contributed by atoms with van der Waals surface area (Å²) in [5, 5.41) is 12.2. The summed E-state index contributed by atoms with van der Waals surface area (Å²) in [4.78, 5) is 35.5. The van der Waals surface area contributed by atoms with Gasteiger partial charge in [-0.1, -0.05) is 13.8 Å². The van der Waals surface area contributed by atoms with Gasteiger partial charge in [-0.3, -0.25) is 9.59 Å². The number of aliphatic hydroxyl groups is 1. The third-order valence-electron chi connectivity index (χ3n) is 10.6. The van der Waals surface area contributed by atoms with Crippen molar-refractivity contribution in [1.29, 1.82) is 0 Å². The molecule has 4 aliphatic carbocycles. The lowest BCUT2D eigenvalue weighted by molar-refractivity contribution is -0.270. The molecule has 1 heterocycles. The molecule has 0 aromatic carbocycles. The maximum Gasteiger partial charge on any atom is 0.331 e. The molecule has 5 aliphatic rings. The van der Waals surface area contributed by atoms with Crippen LogP contribution in [0.25, 0.3) is 0 Å². The predicted octanol–water partition coefficient (Wildman–Crippen LogP) is 3.72. The van der Waals surface area contributed by atoms with E-state index in [-0.39, 0.29) is 29.4 Å². The van der Waals surface area contributed by atoms with Gasteiger partial charge in [0.15, 0.2) is 0 Å². The maximum absolute atomic E-state index is 12.2. The Kier molecular flexibility index (Phi) is 5.66. The highest BCUT2D eigenvalue weighted by atomic mass is 16.6. The zero-order valence-electron chi connectivity index (χ0n) is 20.8. The number of carbonyl (C=O) groups is 3. The van der Waals surface area contributed by atoms with E-state index in [4.69, 9.17) is 14.2 Å². The molecule has 5 rings (SSSR count). The number of cyclic esters (lactones) is 1.